The number of Topliss-reactive ketones (excluding diaryl/α,β-unsaturated/α-hetero) is 1. The number of piperazine rings is 1. The van der Waals surface area contributed by atoms with Gasteiger partial charge in [0.2, 0.25) is 5.91 Å². The molecule has 5 aliphatic rings. The van der Waals surface area contributed by atoms with Gasteiger partial charge in [0.1, 0.15) is 47.3 Å². The number of hydrogen-bond acceptors (Lipinski definition) is 13. The van der Waals surface area contributed by atoms with Crippen LogP contribution in [-0.2, 0) is 23.9 Å². The van der Waals surface area contributed by atoms with Crippen molar-refractivity contribution in [2.75, 3.05) is 51.2 Å². The maximum atomic E-state index is 14.9. The van der Waals surface area contributed by atoms with Crippen LogP contribution in [0.4, 0.5) is 6.01 Å². The van der Waals surface area contributed by atoms with E-state index in [1.807, 2.05) is 40.7 Å². The van der Waals surface area contributed by atoms with E-state index >= 15 is 0 Å². The number of pyridine rings is 1. The quantitative estimate of drug-likeness (QED) is 0.0914. The van der Waals surface area contributed by atoms with Crippen LogP contribution in [0.2, 0.25) is 5.02 Å². The number of halogens is 1. The fourth-order valence-corrected chi connectivity index (χ4v) is 10.1. The van der Waals surface area contributed by atoms with E-state index < -0.39 is 40.8 Å². The van der Waals surface area contributed by atoms with Crippen molar-refractivity contribution < 1.29 is 42.9 Å². The van der Waals surface area contributed by atoms with Gasteiger partial charge < -0.3 is 39.3 Å². The van der Waals surface area contributed by atoms with Crippen molar-refractivity contribution in [3.63, 3.8) is 0 Å². The molecular weight excluding hydrogens is 828 g/mol. The maximum Gasteiger partial charge on any atom is 0.310 e. The van der Waals surface area contributed by atoms with Gasteiger partial charge in [0.15, 0.2) is 5.78 Å². The summed E-state index contributed by atoms with van der Waals surface area (Å²) in [7, 11) is 0. The molecule has 3 aromatic rings. The van der Waals surface area contributed by atoms with Crippen LogP contribution in [0.15, 0.2) is 41.5 Å². The van der Waals surface area contributed by atoms with Gasteiger partial charge in [-0.2, -0.15) is 4.98 Å². The highest BCUT2D eigenvalue weighted by atomic mass is 35.5. The van der Waals surface area contributed by atoms with E-state index in [1.54, 1.807) is 18.2 Å². The molecule has 1 amide bonds. The molecule has 2 aliphatic heterocycles. The number of carbonyl (C=O) groups is 4. The van der Waals surface area contributed by atoms with Gasteiger partial charge in [-0.1, -0.05) is 38.4 Å². The molecule has 3 aliphatic carbocycles. The number of ketones is 1. The highest BCUT2D eigenvalue weighted by molar-refractivity contribution is 6.36. The van der Waals surface area contributed by atoms with Gasteiger partial charge >= 0.3 is 11.9 Å². The van der Waals surface area contributed by atoms with Gasteiger partial charge in [0, 0.05) is 63.1 Å². The van der Waals surface area contributed by atoms with Crippen molar-refractivity contribution in [1.82, 2.24) is 25.1 Å². The molecule has 3 N–H and O–H groups in total. The standard InChI is InChI=1S/C47H61ClN6O9/c1-7-29-22-47(29,44(58)59)23-37(55)36-19-31(24-54(36)43(57)33(46(4,5)6)20-40(56)63-30-17-27-16-28(27)18-30)62-39-21-34(35-25-61-45(52-35)50-26(2)3)51-42-32(39)8-9-38(41(42)48)60-15-14-53-12-10-49-11-13-53/h7-9,21,25-31,33,36,49H,1,10-20,22-24H2,2-6H3,(H,50,52)(H,58,59)/t27-,28+,29?,30?,31-,33-,36+,47-/m1/s1. The van der Waals surface area contributed by atoms with Gasteiger partial charge in [-0.25, -0.2) is 4.98 Å². The summed E-state index contributed by atoms with van der Waals surface area (Å²) < 4.78 is 24.7. The van der Waals surface area contributed by atoms with Gasteiger partial charge in [0.25, 0.3) is 6.01 Å². The van der Waals surface area contributed by atoms with Crippen LogP contribution in [0.1, 0.15) is 79.6 Å². The number of anilines is 1. The SMILES string of the molecule is C=CC1C[C@]1(CC(=O)[C@@H]1C[C@@H](Oc2cc(-c3coc(NC(C)C)n3)nc3c(Cl)c(OCCN4CCNCC4)ccc23)CN1C(=O)[C@@H](CC(=O)OC1C[C@@H]2C[C@@H]2C1)C(C)(C)C)C(=O)O. The first-order valence-electron chi connectivity index (χ1n) is 22.5. The minimum absolute atomic E-state index is 0.0142. The van der Waals surface area contributed by atoms with Crippen LogP contribution in [0.3, 0.4) is 0 Å². The zero-order chi connectivity index (χ0) is 44.8. The minimum atomic E-state index is -1.28. The van der Waals surface area contributed by atoms with Crippen molar-refractivity contribution in [3.8, 4) is 22.9 Å². The third-order valence-corrected chi connectivity index (χ3v) is 14.0. The maximum absolute atomic E-state index is 14.9. The number of likely N-dealkylation sites (tertiary alicyclic amines) is 1. The first-order valence-corrected chi connectivity index (χ1v) is 22.9. The summed E-state index contributed by atoms with van der Waals surface area (Å²) in [6.07, 6.45) is 5.12. The lowest BCUT2D eigenvalue weighted by Gasteiger charge is -2.35. The van der Waals surface area contributed by atoms with Crippen LogP contribution in [0, 0.1) is 34.5 Å². The van der Waals surface area contributed by atoms with Gasteiger partial charge in [-0.05, 0) is 74.8 Å². The molecule has 5 fully saturated rings. The highest BCUT2D eigenvalue weighted by Crippen LogP contribution is 2.57. The molecule has 340 valence electrons. The van der Waals surface area contributed by atoms with Crippen LogP contribution < -0.4 is 20.1 Å². The Morgan fingerprint density at radius 1 is 1.06 bits per heavy atom. The lowest BCUT2D eigenvalue weighted by molar-refractivity contribution is -0.157. The van der Waals surface area contributed by atoms with E-state index in [0.717, 1.165) is 45.6 Å². The molecule has 15 nitrogen and oxygen atoms in total. The number of ether oxygens (including phenoxy) is 3. The number of carboxylic acids is 1. The average Bonchev–Trinajstić information content (AvgIpc) is 3.91. The number of nitrogens with zero attached hydrogens (tertiary/aromatic N) is 4. The number of fused-ring (bicyclic) bond motifs is 2. The molecule has 0 radical (unpaired) electrons. The third-order valence-electron chi connectivity index (χ3n) is 13.7. The zero-order valence-electron chi connectivity index (χ0n) is 37.0. The number of carbonyl (C=O) groups excluding carboxylic acids is 3. The van der Waals surface area contributed by atoms with Crippen LogP contribution in [-0.4, -0.2) is 119 Å². The topological polar surface area (TPSA) is 186 Å². The van der Waals surface area contributed by atoms with Crippen molar-refractivity contribution in [1.29, 1.82) is 0 Å². The molecule has 2 aromatic heterocycles. The molecule has 8 atom stereocenters. The monoisotopic (exact) mass is 888 g/mol. The largest absolute Gasteiger partial charge is 0.491 e. The average molecular weight is 889 g/mol. The minimum Gasteiger partial charge on any atom is -0.491 e. The molecular formula is C47H61ClN6O9. The first-order chi connectivity index (χ1) is 30.0. The summed E-state index contributed by atoms with van der Waals surface area (Å²) >= 11 is 7.10. The second kappa shape index (κ2) is 18.0. The Kier molecular flexibility index (Phi) is 12.8. The smallest absolute Gasteiger partial charge is 0.310 e. The Balaban J connectivity index is 1.09. The summed E-state index contributed by atoms with van der Waals surface area (Å²) in [5, 5.41) is 17.6. The number of rotatable bonds is 18. The Morgan fingerprint density at radius 3 is 2.48 bits per heavy atom. The summed E-state index contributed by atoms with van der Waals surface area (Å²) in [6, 6.07) is 4.73. The van der Waals surface area contributed by atoms with E-state index in [2.05, 4.69) is 27.1 Å². The number of aromatic nitrogens is 2. The Hall–Kier alpha value is -4.73. The van der Waals surface area contributed by atoms with Crippen LogP contribution in [0.25, 0.3) is 22.3 Å². The number of amides is 1. The van der Waals surface area contributed by atoms with E-state index in [-0.39, 0.29) is 60.6 Å². The Bertz CT molecular complexity index is 2230. The number of allylic oxidation sites excluding steroid dienone is 1. The molecule has 1 aromatic carbocycles. The zero-order valence-corrected chi connectivity index (χ0v) is 37.7. The molecule has 63 heavy (non-hydrogen) atoms. The molecule has 2 saturated heterocycles. The first kappa shape index (κ1) is 44.9. The van der Waals surface area contributed by atoms with Gasteiger partial charge in [-0.15, -0.1) is 6.58 Å². The number of hydrogen-bond donors (Lipinski definition) is 3. The fourth-order valence-electron chi connectivity index (χ4n) is 9.80. The van der Waals surface area contributed by atoms with Crippen molar-refractivity contribution >= 4 is 52.1 Å². The molecule has 4 heterocycles. The number of esters is 1. The number of carboxylic acid groups (broad SMARTS) is 1. The fraction of sp³-hybridized carbons (Fsp3) is 0.617. The Labute approximate surface area is 373 Å². The number of benzene rings is 1. The summed E-state index contributed by atoms with van der Waals surface area (Å²) in [5.74, 6) is -1.32. The molecule has 8 rings (SSSR count). The Morgan fingerprint density at radius 2 is 1.81 bits per heavy atom. The van der Waals surface area contributed by atoms with Crippen molar-refractivity contribution in [3.05, 3.63) is 42.1 Å². The van der Waals surface area contributed by atoms with Gasteiger partial charge in [-0.3, -0.25) is 24.1 Å². The van der Waals surface area contributed by atoms with Gasteiger partial charge in [0.05, 0.1) is 41.6 Å². The van der Waals surface area contributed by atoms with Crippen molar-refractivity contribution in [2.24, 2.45) is 34.5 Å². The third kappa shape index (κ3) is 9.85. The van der Waals surface area contributed by atoms with Crippen LogP contribution >= 0.6 is 11.6 Å². The number of oxazole rings is 1. The molecule has 0 bridgehead atoms. The summed E-state index contributed by atoms with van der Waals surface area (Å²) in [5.41, 5.74) is -0.708. The predicted octanol–water partition coefficient (Wildman–Crippen LogP) is 6.63. The molecule has 16 heteroatoms. The lowest BCUT2D eigenvalue weighted by Crippen LogP contribution is -2.48. The van der Waals surface area contributed by atoms with E-state index in [4.69, 9.17) is 35.2 Å². The summed E-state index contributed by atoms with van der Waals surface area (Å²) in [4.78, 5) is 68.7. The summed E-state index contributed by atoms with van der Waals surface area (Å²) in [6.45, 7) is 18.3. The highest BCUT2D eigenvalue weighted by Gasteiger charge is 2.61. The molecule has 0 spiro atoms. The van der Waals surface area contributed by atoms with E-state index in [0.29, 0.717) is 64.7 Å². The molecule has 2 unspecified atom stereocenters. The normalized spacial score (nSPS) is 27.2. The predicted molar refractivity (Wildman–Crippen MR) is 237 cm³/mol. The number of nitrogens with one attached hydrogen (secondary N) is 2. The van der Waals surface area contributed by atoms with Crippen molar-refractivity contribution in [2.45, 2.75) is 104 Å². The molecule has 3 saturated carbocycles. The van der Waals surface area contributed by atoms with E-state index in [9.17, 15) is 24.3 Å². The number of aliphatic carboxylic acids is 1. The van der Waals surface area contributed by atoms with E-state index in [1.165, 1.54) is 17.6 Å². The lowest BCUT2D eigenvalue weighted by atomic mass is 9.77. The second-order valence-corrected chi connectivity index (χ2v) is 20.0. The van der Waals surface area contributed by atoms with Crippen LogP contribution in [0.5, 0.6) is 11.5 Å². The second-order valence-electron chi connectivity index (χ2n) is 19.7.